The van der Waals surface area contributed by atoms with Gasteiger partial charge in [-0.2, -0.15) is 0 Å². The Bertz CT molecular complexity index is 411. The molecule has 1 aromatic carbocycles. The highest BCUT2D eigenvalue weighted by Gasteiger charge is 2.19. The molecule has 0 radical (unpaired) electrons. The summed E-state index contributed by atoms with van der Waals surface area (Å²) in [6.07, 6.45) is 0. The van der Waals surface area contributed by atoms with Gasteiger partial charge in [-0.3, -0.25) is 9.69 Å². The SMILES string of the molecule is Cl.NCCN(CC(=O)N1CCOCC1)Cc1ccccc1. The molecule has 0 atom stereocenters. The first-order valence-corrected chi connectivity index (χ1v) is 7.11. The molecule has 0 spiro atoms. The van der Waals surface area contributed by atoms with Crippen LogP contribution in [0, 0.1) is 0 Å². The van der Waals surface area contributed by atoms with E-state index in [-0.39, 0.29) is 18.3 Å². The van der Waals surface area contributed by atoms with Gasteiger partial charge in [0.25, 0.3) is 0 Å². The molecule has 0 saturated carbocycles. The van der Waals surface area contributed by atoms with Crippen molar-refractivity contribution in [2.75, 3.05) is 45.9 Å². The van der Waals surface area contributed by atoms with Crippen molar-refractivity contribution in [3.63, 3.8) is 0 Å². The van der Waals surface area contributed by atoms with Crippen LogP contribution in [0.2, 0.25) is 0 Å². The average Bonchev–Trinajstić information content (AvgIpc) is 2.49. The number of carbonyl (C=O) groups excluding carboxylic acids is 1. The molecule has 1 amide bonds. The van der Waals surface area contributed by atoms with Crippen LogP contribution in [-0.2, 0) is 16.1 Å². The van der Waals surface area contributed by atoms with Gasteiger partial charge in [0.2, 0.25) is 5.91 Å². The third kappa shape index (κ3) is 6.01. The maximum atomic E-state index is 12.3. The number of benzene rings is 1. The highest BCUT2D eigenvalue weighted by Crippen LogP contribution is 2.05. The molecule has 6 heteroatoms. The van der Waals surface area contributed by atoms with E-state index >= 15 is 0 Å². The Morgan fingerprint density at radius 3 is 2.52 bits per heavy atom. The topological polar surface area (TPSA) is 58.8 Å². The third-order valence-electron chi connectivity index (χ3n) is 3.42. The fraction of sp³-hybridized carbons (Fsp3) is 0.533. The van der Waals surface area contributed by atoms with E-state index in [1.54, 1.807) is 0 Å². The summed E-state index contributed by atoms with van der Waals surface area (Å²) in [5, 5.41) is 0. The number of hydrogen-bond acceptors (Lipinski definition) is 4. The van der Waals surface area contributed by atoms with Crippen LogP contribution in [-0.4, -0.2) is 61.6 Å². The van der Waals surface area contributed by atoms with Crippen molar-refractivity contribution in [3.8, 4) is 0 Å². The predicted octanol–water partition coefficient (Wildman–Crippen LogP) is 0.728. The van der Waals surface area contributed by atoms with Crippen LogP contribution in [0.3, 0.4) is 0 Å². The maximum Gasteiger partial charge on any atom is 0.236 e. The summed E-state index contributed by atoms with van der Waals surface area (Å²) in [6.45, 7) is 5.14. The molecular formula is C15H24ClN3O2. The molecule has 0 unspecified atom stereocenters. The zero-order valence-electron chi connectivity index (χ0n) is 12.2. The monoisotopic (exact) mass is 313 g/mol. The zero-order chi connectivity index (χ0) is 14.2. The minimum atomic E-state index is 0. The Balaban J connectivity index is 0.00000220. The summed E-state index contributed by atoms with van der Waals surface area (Å²) >= 11 is 0. The van der Waals surface area contributed by atoms with Crippen molar-refractivity contribution < 1.29 is 9.53 Å². The van der Waals surface area contributed by atoms with E-state index in [1.165, 1.54) is 5.56 Å². The van der Waals surface area contributed by atoms with Gasteiger partial charge in [0.15, 0.2) is 0 Å². The fourth-order valence-electron chi connectivity index (χ4n) is 2.34. The molecule has 1 heterocycles. The number of morpholine rings is 1. The molecule has 1 aliphatic rings. The van der Waals surface area contributed by atoms with Crippen molar-refractivity contribution >= 4 is 18.3 Å². The Hall–Kier alpha value is -1.14. The molecule has 1 fully saturated rings. The Morgan fingerprint density at radius 1 is 1.24 bits per heavy atom. The van der Waals surface area contributed by atoms with Gasteiger partial charge in [-0.25, -0.2) is 0 Å². The van der Waals surface area contributed by atoms with Crippen molar-refractivity contribution in [3.05, 3.63) is 35.9 Å². The largest absolute Gasteiger partial charge is 0.378 e. The van der Waals surface area contributed by atoms with Crippen LogP contribution in [0.25, 0.3) is 0 Å². The van der Waals surface area contributed by atoms with Crippen LogP contribution in [0.1, 0.15) is 5.56 Å². The minimum Gasteiger partial charge on any atom is -0.378 e. The smallest absolute Gasteiger partial charge is 0.236 e. The fourth-order valence-corrected chi connectivity index (χ4v) is 2.34. The van der Waals surface area contributed by atoms with Crippen LogP contribution in [0.5, 0.6) is 0 Å². The summed E-state index contributed by atoms with van der Waals surface area (Å²) in [5.41, 5.74) is 6.86. The molecule has 1 saturated heterocycles. The minimum absolute atomic E-state index is 0. The van der Waals surface area contributed by atoms with E-state index in [4.69, 9.17) is 10.5 Å². The van der Waals surface area contributed by atoms with Crippen LogP contribution in [0.15, 0.2) is 30.3 Å². The molecule has 2 rings (SSSR count). The van der Waals surface area contributed by atoms with Crippen LogP contribution < -0.4 is 5.73 Å². The quantitative estimate of drug-likeness (QED) is 0.841. The second-order valence-corrected chi connectivity index (χ2v) is 4.98. The molecular weight excluding hydrogens is 290 g/mol. The van der Waals surface area contributed by atoms with Crippen LogP contribution >= 0.6 is 12.4 Å². The van der Waals surface area contributed by atoms with Crippen molar-refractivity contribution in [2.24, 2.45) is 5.73 Å². The van der Waals surface area contributed by atoms with Crippen molar-refractivity contribution in [2.45, 2.75) is 6.54 Å². The third-order valence-corrected chi connectivity index (χ3v) is 3.42. The number of halogens is 1. The molecule has 0 bridgehead atoms. The Kier molecular flexibility index (Phi) is 8.30. The van der Waals surface area contributed by atoms with Gasteiger partial charge in [0, 0.05) is 32.7 Å². The van der Waals surface area contributed by atoms with Gasteiger partial charge in [-0.05, 0) is 5.56 Å². The first-order chi connectivity index (χ1) is 9.79. The summed E-state index contributed by atoms with van der Waals surface area (Å²) in [7, 11) is 0. The van der Waals surface area contributed by atoms with E-state index in [0.717, 1.165) is 13.1 Å². The normalized spacial score (nSPS) is 14.9. The average molecular weight is 314 g/mol. The Morgan fingerprint density at radius 2 is 1.90 bits per heavy atom. The lowest BCUT2D eigenvalue weighted by atomic mass is 10.2. The lowest BCUT2D eigenvalue weighted by molar-refractivity contribution is -0.136. The highest BCUT2D eigenvalue weighted by atomic mass is 35.5. The van der Waals surface area contributed by atoms with Gasteiger partial charge in [0.1, 0.15) is 0 Å². The van der Waals surface area contributed by atoms with Crippen molar-refractivity contribution in [1.82, 2.24) is 9.80 Å². The summed E-state index contributed by atoms with van der Waals surface area (Å²) < 4.78 is 5.27. The standard InChI is InChI=1S/C15H23N3O2.ClH/c16-6-7-17(12-14-4-2-1-3-5-14)13-15(19)18-8-10-20-11-9-18;/h1-5H,6-13,16H2;1H. The molecule has 5 nitrogen and oxygen atoms in total. The number of nitrogens with zero attached hydrogens (tertiary/aromatic N) is 2. The lowest BCUT2D eigenvalue weighted by Crippen LogP contribution is -2.46. The molecule has 118 valence electrons. The molecule has 0 aliphatic carbocycles. The maximum absolute atomic E-state index is 12.3. The number of ether oxygens (including phenoxy) is 1. The van der Waals surface area contributed by atoms with Crippen molar-refractivity contribution in [1.29, 1.82) is 0 Å². The number of rotatable bonds is 6. The predicted molar refractivity (Wildman–Crippen MR) is 85.4 cm³/mol. The van der Waals surface area contributed by atoms with Gasteiger partial charge in [0.05, 0.1) is 19.8 Å². The van der Waals surface area contributed by atoms with Gasteiger partial charge in [-0.1, -0.05) is 30.3 Å². The van der Waals surface area contributed by atoms with E-state index in [9.17, 15) is 4.79 Å². The van der Waals surface area contributed by atoms with E-state index in [2.05, 4.69) is 17.0 Å². The summed E-state index contributed by atoms with van der Waals surface area (Å²) in [4.78, 5) is 16.2. The molecule has 2 N–H and O–H groups in total. The molecule has 1 aliphatic heterocycles. The molecule has 1 aromatic rings. The molecule has 21 heavy (non-hydrogen) atoms. The second-order valence-electron chi connectivity index (χ2n) is 4.98. The molecule has 0 aromatic heterocycles. The lowest BCUT2D eigenvalue weighted by Gasteiger charge is -2.30. The number of nitrogens with two attached hydrogens (primary N) is 1. The van der Waals surface area contributed by atoms with Gasteiger partial charge < -0.3 is 15.4 Å². The van der Waals surface area contributed by atoms with Gasteiger partial charge >= 0.3 is 0 Å². The van der Waals surface area contributed by atoms with Gasteiger partial charge in [-0.15, -0.1) is 12.4 Å². The zero-order valence-corrected chi connectivity index (χ0v) is 13.1. The Labute approximate surface area is 132 Å². The first kappa shape index (κ1) is 17.9. The summed E-state index contributed by atoms with van der Waals surface area (Å²) in [6, 6.07) is 10.2. The number of carbonyl (C=O) groups is 1. The highest BCUT2D eigenvalue weighted by molar-refractivity contribution is 5.85. The van der Waals surface area contributed by atoms with E-state index < -0.39 is 0 Å². The first-order valence-electron chi connectivity index (χ1n) is 7.11. The van der Waals surface area contributed by atoms with E-state index in [0.29, 0.717) is 39.4 Å². The second kappa shape index (κ2) is 9.73. The number of amides is 1. The van der Waals surface area contributed by atoms with E-state index in [1.807, 2.05) is 23.1 Å². The van der Waals surface area contributed by atoms with Crippen LogP contribution in [0.4, 0.5) is 0 Å². The summed E-state index contributed by atoms with van der Waals surface area (Å²) in [5.74, 6) is 0.165. The number of hydrogen-bond donors (Lipinski definition) is 1.